The first-order chi connectivity index (χ1) is 7.88. The SMILES string of the molecule is CNc1nnc(-c2nsc3ccccc23)s1. The van der Waals surface area contributed by atoms with E-state index in [2.05, 4.69) is 32.0 Å². The third-order valence-corrected chi connectivity index (χ3v) is 3.99. The van der Waals surface area contributed by atoms with Crippen molar-refractivity contribution in [2.24, 2.45) is 0 Å². The number of anilines is 1. The summed E-state index contributed by atoms with van der Waals surface area (Å²) in [6, 6.07) is 8.16. The van der Waals surface area contributed by atoms with Crippen molar-refractivity contribution in [1.29, 1.82) is 0 Å². The molecule has 0 aliphatic carbocycles. The van der Waals surface area contributed by atoms with Crippen molar-refractivity contribution in [3.8, 4) is 10.7 Å². The summed E-state index contributed by atoms with van der Waals surface area (Å²) in [5, 5.41) is 13.9. The lowest BCUT2D eigenvalue weighted by Gasteiger charge is -1.89. The predicted octanol–water partition coefficient (Wildman–Crippen LogP) is 2.86. The minimum Gasteiger partial charge on any atom is -0.363 e. The van der Waals surface area contributed by atoms with Crippen molar-refractivity contribution in [3.05, 3.63) is 24.3 Å². The van der Waals surface area contributed by atoms with E-state index in [1.165, 1.54) is 27.6 Å². The standard InChI is InChI=1S/C10H8N4S2/c1-11-10-13-12-9(15-10)8-6-4-2-3-5-7(6)16-14-8/h2-5H,1H3,(H,11,13). The topological polar surface area (TPSA) is 50.7 Å². The molecule has 1 N–H and O–H groups in total. The van der Waals surface area contributed by atoms with Gasteiger partial charge in [0.05, 0.1) is 4.70 Å². The van der Waals surface area contributed by atoms with Crippen LogP contribution in [0.2, 0.25) is 0 Å². The number of nitrogens with zero attached hydrogens (tertiary/aromatic N) is 3. The van der Waals surface area contributed by atoms with Crippen LogP contribution in [0.4, 0.5) is 5.13 Å². The summed E-state index contributed by atoms with van der Waals surface area (Å²) in [5.74, 6) is 0. The van der Waals surface area contributed by atoms with E-state index < -0.39 is 0 Å². The minimum absolute atomic E-state index is 0.812. The first-order valence-electron chi connectivity index (χ1n) is 4.74. The van der Waals surface area contributed by atoms with Gasteiger partial charge in [-0.2, -0.15) is 4.37 Å². The van der Waals surface area contributed by atoms with Crippen LogP contribution in [0.25, 0.3) is 20.8 Å². The van der Waals surface area contributed by atoms with Gasteiger partial charge < -0.3 is 5.32 Å². The highest BCUT2D eigenvalue weighted by Crippen LogP contribution is 2.33. The maximum absolute atomic E-state index is 4.43. The van der Waals surface area contributed by atoms with Crippen molar-refractivity contribution in [2.75, 3.05) is 12.4 Å². The second kappa shape index (κ2) is 3.80. The summed E-state index contributed by atoms with van der Waals surface area (Å²) in [6.45, 7) is 0. The second-order valence-electron chi connectivity index (χ2n) is 3.19. The van der Waals surface area contributed by atoms with Gasteiger partial charge in [-0.3, -0.25) is 0 Å². The van der Waals surface area contributed by atoms with E-state index >= 15 is 0 Å². The average molecular weight is 248 g/mol. The Morgan fingerprint density at radius 1 is 1.19 bits per heavy atom. The molecule has 6 heteroatoms. The maximum atomic E-state index is 4.43. The summed E-state index contributed by atoms with van der Waals surface area (Å²) in [4.78, 5) is 0. The minimum atomic E-state index is 0.812. The van der Waals surface area contributed by atoms with Crippen molar-refractivity contribution in [2.45, 2.75) is 0 Å². The fraction of sp³-hybridized carbons (Fsp3) is 0.100. The van der Waals surface area contributed by atoms with Crippen molar-refractivity contribution in [1.82, 2.24) is 14.6 Å². The highest BCUT2D eigenvalue weighted by molar-refractivity contribution is 7.19. The van der Waals surface area contributed by atoms with Crippen LogP contribution in [0.5, 0.6) is 0 Å². The molecule has 3 aromatic rings. The summed E-state index contributed by atoms with van der Waals surface area (Å²) in [7, 11) is 1.84. The van der Waals surface area contributed by atoms with Crippen LogP contribution in [0.1, 0.15) is 0 Å². The molecular weight excluding hydrogens is 240 g/mol. The predicted molar refractivity (Wildman–Crippen MR) is 68.1 cm³/mol. The van der Waals surface area contributed by atoms with E-state index in [0.29, 0.717) is 0 Å². The molecule has 4 nitrogen and oxygen atoms in total. The Morgan fingerprint density at radius 2 is 2.06 bits per heavy atom. The molecule has 80 valence electrons. The lowest BCUT2D eigenvalue weighted by Crippen LogP contribution is -1.84. The lowest BCUT2D eigenvalue weighted by atomic mass is 10.2. The Bertz CT molecular complexity index is 628. The van der Waals surface area contributed by atoms with E-state index in [1.54, 1.807) is 0 Å². The van der Waals surface area contributed by atoms with Crippen LogP contribution < -0.4 is 5.32 Å². The summed E-state index contributed by atoms with van der Waals surface area (Å²) in [6.07, 6.45) is 0. The van der Waals surface area contributed by atoms with E-state index in [9.17, 15) is 0 Å². The van der Waals surface area contributed by atoms with Gasteiger partial charge in [0.25, 0.3) is 0 Å². The van der Waals surface area contributed by atoms with Gasteiger partial charge in [-0.1, -0.05) is 29.5 Å². The zero-order valence-electron chi connectivity index (χ0n) is 8.47. The monoisotopic (exact) mass is 248 g/mol. The van der Waals surface area contributed by atoms with Gasteiger partial charge in [0.1, 0.15) is 5.69 Å². The Kier molecular flexibility index (Phi) is 2.30. The summed E-state index contributed by atoms with van der Waals surface area (Å²) >= 11 is 3.01. The first kappa shape index (κ1) is 9.68. The van der Waals surface area contributed by atoms with Crippen molar-refractivity contribution in [3.63, 3.8) is 0 Å². The molecular formula is C10H8N4S2. The molecule has 16 heavy (non-hydrogen) atoms. The molecule has 1 aromatic carbocycles. The number of benzene rings is 1. The smallest absolute Gasteiger partial charge is 0.205 e. The van der Waals surface area contributed by atoms with Gasteiger partial charge in [-0.15, -0.1) is 10.2 Å². The number of nitrogens with one attached hydrogen (secondary N) is 1. The molecule has 0 bridgehead atoms. The Balaban J connectivity index is 2.18. The van der Waals surface area contributed by atoms with Gasteiger partial charge in [0.2, 0.25) is 5.13 Å². The number of fused-ring (bicyclic) bond motifs is 1. The Morgan fingerprint density at radius 3 is 2.88 bits per heavy atom. The third kappa shape index (κ3) is 1.46. The maximum Gasteiger partial charge on any atom is 0.205 e. The molecule has 0 spiro atoms. The molecule has 0 atom stereocenters. The van der Waals surface area contributed by atoms with Crippen LogP contribution in [-0.4, -0.2) is 21.6 Å². The van der Waals surface area contributed by atoms with E-state index in [0.717, 1.165) is 21.2 Å². The Labute approximate surface area is 100 Å². The fourth-order valence-corrected chi connectivity index (χ4v) is 3.00. The van der Waals surface area contributed by atoms with Crippen LogP contribution in [0, 0.1) is 0 Å². The Hall–Kier alpha value is -1.53. The van der Waals surface area contributed by atoms with Crippen molar-refractivity contribution < 1.29 is 0 Å². The largest absolute Gasteiger partial charge is 0.363 e. The van der Waals surface area contributed by atoms with Crippen LogP contribution in [0.15, 0.2) is 24.3 Å². The molecule has 0 saturated carbocycles. The zero-order chi connectivity index (χ0) is 11.0. The highest BCUT2D eigenvalue weighted by atomic mass is 32.1. The van der Waals surface area contributed by atoms with Gasteiger partial charge >= 0.3 is 0 Å². The summed E-state index contributed by atoms with van der Waals surface area (Å²) < 4.78 is 5.61. The number of hydrogen-bond donors (Lipinski definition) is 1. The molecule has 0 amide bonds. The average Bonchev–Trinajstić information content (AvgIpc) is 2.94. The molecule has 3 rings (SSSR count). The molecule has 0 unspecified atom stereocenters. The molecule has 0 aliphatic heterocycles. The number of aromatic nitrogens is 3. The third-order valence-electron chi connectivity index (χ3n) is 2.22. The van der Waals surface area contributed by atoms with Crippen molar-refractivity contribution >= 4 is 38.1 Å². The number of hydrogen-bond acceptors (Lipinski definition) is 6. The normalized spacial score (nSPS) is 10.8. The van der Waals surface area contributed by atoms with Crippen LogP contribution >= 0.6 is 22.9 Å². The quantitative estimate of drug-likeness (QED) is 0.757. The fourth-order valence-electron chi connectivity index (χ4n) is 1.46. The molecule has 0 fully saturated rings. The first-order valence-corrected chi connectivity index (χ1v) is 6.33. The second-order valence-corrected chi connectivity index (χ2v) is 4.97. The molecule has 2 heterocycles. The van der Waals surface area contributed by atoms with E-state index in [-0.39, 0.29) is 0 Å². The highest BCUT2D eigenvalue weighted by Gasteiger charge is 2.12. The van der Waals surface area contributed by atoms with Gasteiger partial charge in [0.15, 0.2) is 5.01 Å². The molecule has 0 radical (unpaired) electrons. The molecule has 0 saturated heterocycles. The summed E-state index contributed by atoms with van der Waals surface area (Å²) in [5.41, 5.74) is 0.930. The van der Waals surface area contributed by atoms with E-state index in [1.807, 2.05) is 19.2 Å². The van der Waals surface area contributed by atoms with E-state index in [4.69, 9.17) is 0 Å². The van der Waals surface area contributed by atoms with Gasteiger partial charge in [0, 0.05) is 12.4 Å². The lowest BCUT2D eigenvalue weighted by molar-refractivity contribution is 1.09. The van der Waals surface area contributed by atoms with Gasteiger partial charge in [-0.25, -0.2) is 0 Å². The zero-order valence-corrected chi connectivity index (χ0v) is 10.1. The molecule has 2 aromatic heterocycles. The van der Waals surface area contributed by atoms with Gasteiger partial charge in [-0.05, 0) is 17.6 Å². The number of rotatable bonds is 2. The van der Waals surface area contributed by atoms with Crippen LogP contribution in [0.3, 0.4) is 0 Å². The van der Waals surface area contributed by atoms with Crippen LogP contribution in [-0.2, 0) is 0 Å². The molecule has 0 aliphatic rings.